The van der Waals surface area contributed by atoms with E-state index in [-0.39, 0.29) is 23.7 Å². The number of hydrogen-bond acceptors (Lipinski definition) is 7. The van der Waals surface area contributed by atoms with Crippen LogP contribution in [0.3, 0.4) is 0 Å². The molecular weight excluding hydrogens is 548 g/mol. The number of carbonyl (C=O) groups excluding carboxylic acids is 2. The number of anilines is 1. The fourth-order valence-electron chi connectivity index (χ4n) is 5.85. The summed E-state index contributed by atoms with van der Waals surface area (Å²) in [6, 6.07) is 8.54. The third kappa shape index (κ3) is 4.81. The molecule has 1 unspecified atom stereocenters. The Morgan fingerprint density at radius 2 is 1.90 bits per heavy atom. The zero-order valence-corrected chi connectivity index (χ0v) is 23.2. The minimum atomic E-state index is -1.18. The van der Waals surface area contributed by atoms with Crippen LogP contribution in [0.25, 0.3) is 11.1 Å². The van der Waals surface area contributed by atoms with E-state index in [4.69, 9.17) is 9.47 Å². The van der Waals surface area contributed by atoms with Crippen LogP contribution in [0.5, 0.6) is 5.75 Å². The highest BCUT2D eigenvalue weighted by Crippen LogP contribution is 2.61. The number of halogens is 2. The maximum Gasteiger partial charge on any atom is 0.276 e. The normalized spacial score (nSPS) is 17.3. The van der Waals surface area contributed by atoms with Crippen molar-refractivity contribution in [2.45, 2.75) is 45.3 Å². The maximum absolute atomic E-state index is 14.8. The van der Waals surface area contributed by atoms with Gasteiger partial charge in [-0.05, 0) is 61.2 Å². The fraction of sp³-hybridized carbons (Fsp3) is 0.333. The Morgan fingerprint density at radius 1 is 1.14 bits per heavy atom. The van der Waals surface area contributed by atoms with Crippen molar-refractivity contribution < 1.29 is 32.5 Å². The van der Waals surface area contributed by atoms with E-state index in [1.54, 1.807) is 26.2 Å². The molecule has 42 heavy (non-hydrogen) atoms. The molecule has 1 aliphatic carbocycles. The summed E-state index contributed by atoms with van der Waals surface area (Å²) < 4.78 is 44.6. The van der Waals surface area contributed by atoms with Crippen LogP contribution in [0.15, 0.2) is 47.2 Å². The summed E-state index contributed by atoms with van der Waals surface area (Å²) in [5.74, 6) is -4.33. The highest BCUT2D eigenvalue weighted by molar-refractivity contribution is 6.01. The van der Waals surface area contributed by atoms with Gasteiger partial charge < -0.3 is 25.1 Å². The van der Waals surface area contributed by atoms with Crippen LogP contribution in [0.2, 0.25) is 0 Å². The predicted octanol–water partition coefficient (Wildman–Crippen LogP) is 4.80. The van der Waals surface area contributed by atoms with Crippen LogP contribution < -0.4 is 15.4 Å². The molecule has 3 heterocycles. The molecule has 2 aromatic carbocycles. The summed E-state index contributed by atoms with van der Waals surface area (Å²) in [6.45, 7) is 4.05. The zero-order valence-electron chi connectivity index (χ0n) is 23.2. The molecule has 3 N–H and O–H groups in total. The van der Waals surface area contributed by atoms with E-state index in [1.807, 2.05) is 25.3 Å². The smallest absolute Gasteiger partial charge is 0.276 e. The first-order valence-electron chi connectivity index (χ1n) is 13.5. The molecule has 2 aromatic heterocycles. The first-order chi connectivity index (χ1) is 20.2. The molecule has 1 aliphatic heterocycles. The van der Waals surface area contributed by atoms with Crippen LogP contribution in [0.4, 0.5) is 14.5 Å². The molecule has 0 radical (unpaired) electrons. The van der Waals surface area contributed by atoms with Crippen molar-refractivity contribution in [3.8, 4) is 16.9 Å². The number of ether oxygens (including phenoxy) is 2. The largest absolute Gasteiger partial charge is 0.489 e. The lowest BCUT2D eigenvalue weighted by molar-refractivity contribution is -0.119. The van der Waals surface area contributed by atoms with Gasteiger partial charge in [-0.3, -0.25) is 9.59 Å². The fourth-order valence-corrected chi connectivity index (χ4v) is 5.85. The van der Waals surface area contributed by atoms with E-state index in [1.165, 1.54) is 6.07 Å². The predicted molar refractivity (Wildman–Crippen MR) is 147 cm³/mol. The van der Waals surface area contributed by atoms with Gasteiger partial charge in [0.05, 0.1) is 13.2 Å². The Balaban J connectivity index is 1.33. The number of aromatic amines is 1. The first-order valence-corrected chi connectivity index (χ1v) is 13.5. The van der Waals surface area contributed by atoms with Gasteiger partial charge in [0, 0.05) is 47.1 Å². The molecule has 1 fully saturated rings. The number of nitrogens with zero attached hydrogens (tertiary/aromatic N) is 2. The molecule has 10 nitrogen and oxygen atoms in total. The van der Waals surface area contributed by atoms with E-state index in [2.05, 4.69) is 30.6 Å². The summed E-state index contributed by atoms with van der Waals surface area (Å²) in [5.41, 5.74) is 4.38. The number of H-pyrrole nitrogens is 1. The molecule has 0 bridgehead atoms. The highest BCUT2D eigenvalue weighted by atomic mass is 19.2. The number of carbonyl (C=O) groups is 2. The van der Waals surface area contributed by atoms with Crippen LogP contribution in [0.1, 0.15) is 51.8 Å². The van der Waals surface area contributed by atoms with Crippen molar-refractivity contribution in [1.29, 1.82) is 0 Å². The molecular formula is C30H29F2N5O5. The molecule has 12 heteroatoms. The molecule has 6 rings (SSSR count). The maximum atomic E-state index is 14.8. The van der Waals surface area contributed by atoms with Crippen molar-refractivity contribution in [2.75, 3.05) is 19.0 Å². The molecule has 0 saturated heterocycles. The van der Waals surface area contributed by atoms with Gasteiger partial charge in [0.2, 0.25) is 11.7 Å². The third-order valence-electron chi connectivity index (χ3n) is 8.13. The van der Waals surface area contributed by atoms with Crippen LogP contribution in [0, 0.1) is 30.9 Å². The summed E-state index contributed by atoms with van der Waals surface area (Å²) in [6.07, 6.45) is 3.29. The topological polar surface area (TPSA) is 131 Å². The number of methoxy groups -OCH3 is 1. The quantitative estimate of drug-likeness (QED) is 0.274. The van der Waals surface area contributed by atoms with Gasteiger partial charge in [-0.15, -0.1) is 0 Å². The Morgan fingerprint density at radius 3 is 2.57 bits per heavy atom. The summed E-state index contributed by atoms with van der Waals surface area (Å²) in [5, 5.41) is 13.0. The van der Waals surface area contributed by atoms with Gasteiger partial charge >= 0.3 is 0 Å². The lowest BCUT2D eigenvalue weighted by atomic mass is 9.75. The summed E-state index contributed by atoms with van der Waals surface area (Å²) in [7, 11) is 1.63. The van der Waals surface area contributed by atoms with Crippen LogP contribution in [-0.2, 0) is 16.1 Å². The second-order valence-corrected chi connectivity index (χ2v) is 10.9. The Hall–Kier alpha value is -4.58. The standard InChI is InChI=1S/C30H29F2N5O5/c1-15-12-33-21(13-40-3)22(15)17-4-6-18(7-5-17)34-29(39)26(35-28(38)25-16(2)36-42-37-25)23-19-8-9-20(31)24(32)27(19)41-14-30(23)10-11-30/h4-9,12,23,26,33H,10-11,13-14H2,1-3H3,(H,34,39)(H,35,38)/t23?,26-/m0/s1. The average molecular weight is 578 g/mol. The number of fused-ring (bicyclic) bond motifs is 1. The Bertz CT molecular complexity index is 1660. The second kappa shape index (κ2) is 10.7. The molecule has 1 saturated carbocycles. The van der Waals surface area contributed by atoms with Gasteiger partial charge in [0.25, 0.3) is 5.91 Å². The molecule has 2 atom stereocenters. The number of benzene rings is 2. The third-order valence-corrected chi connectivity index (χ3v) is 8.13. The number of hydrogen-bond donors (Lipinski definition) is 3. The van der Waals surface area contributed by atoms with E-state index in [0.29, 0.717) is 30.7 Å². The number of aryl methyl sites for hydroxylation is 2. The van der Waals surface area contributed by atoms with E-state index in [9.17, 15) is 18.4 Å². The van der Waals surface area contributed by atoms with Crippen molar-refractivity contribution in [3.05, 3.63) is 82.4 Å². The number of rotatable bonds is 8. The molecule has 218 valence electrons. The number of nitrogens with one attached hydrogen (secondary N) is 3. The lowest BCUT2D eigenvalue weighted by Crippen LogP contribution is -2.52. The first kappa shape index (κ1) is 27.6. The minimum absolute atomic E-state index is 0.0756. The van der Waals surface area contributed by atoms with Crippen LogP contribution in [-0.4, -0.2) is 46.9 Å². The van der Waals surface area contributed by atoms with Crippen LogP contribution >= 0.6 is 0 Å². The summed E-state index contributed by atoms with van der Waals surface area (Å²) >= 11 is 0. The van der Waals surface area contributed by atoms with E-state index >= 15 is 0 Å². The SMILES string of the molecule is COCc1[nH]cc(C)c1-c1ccc(NC(=O)[C@@H](NC(=O)c2nonc2C)C2c3ccc(F)c(F)c3OCC23CC3)cc1. The van der Waals surface area contributed by atoms with Gasteiger partial charge in [0.15, 0.2) is 17.3 Å². The van der Waals surface area contributed by atoms with Gasteiger partial charge in [-0.2, -0.15) is 4.39 Å². The van der Waals surface area contributed by atoms with Crippen molar-refractivity contribution >= 4 is 17.5 Å². The monoisotopic (exact) mass is 577 g/mol. The van der Waals surface area contributed by atoms with Crippen molar-refractivity contribution in [2.24, 2.45) is 5.41 Å². The van der Waals surface area contributed by atoms with Gasteiger partial charge in [-0.25, -0.2) is 9.02 Å². The average Bonchev–Trinajstić information content (AvgIpc) is 3.44. The zero-order chi connectivity index (χ0) is 29.6. The van der Waals surface area contributed by atoms with Gasteiger partial charge in [0.1, 0.15) is 11.7 Å². The molecule has 4 aromatic rings. The van der Waals surface area contributed by atoms with E-state index in [0.717, 1.165) is 28.5 Å². The minimum Gasteiger partial charge on any atom is -0.489 e. The van der Waals surface area contributed by atoms with Crippen molar-refractivity contribution in [3.63, 3.8) is 0 Å². The second-order valence-electron chi connectivity index (χ2n) is 10.9. The molecule has 2 amide bonds. The number of amides is 2. The lowest BCUT2D eigenvalue weighted by Gasteiger charge is -2.38. The summed E-state index contributed by atoms with van der Waals surface area (Å²) in [4.78, 5) is 30.5. The highest BCUT2D eigenvalue weighted by Gasteiger charge is 2.58. The van der Waals surface area contributed by atoms with Gasteiger partial charge in [-0.1, -0.05) is 23.4 Å². The molecule has 2 aliphatic rings. The van der Waals surface area contributed by atoms with E-state index < -0.39 is 40.8 Å². The van der Waals surface area contributed by atoms with Crippen molar-refractivity contribution in [1.82, 2.24) is 20.6 Å². The Labute approximate surface area is 239 Å². The Kier molecular flexibility index (Phi) is 7.01. The number of aromatic nitrogens is 3. The molecule has 1 spiro atoms.